The van der Waals surface area contributed by atoms with Crippen LogP contribution in [0, 0.1) is 23.7 Å². The highest BCUT2D eigenvalue weighted by molar-refractivity contribution is 7.13. The molecule has 6 rings (SSSR count). The second kappa shape index (κ2) is 22.7. The van der Waals surface area contributed by atoms with Gasteiger partial charge in [0.2, 0.25) is 0 Å². The van der Waals surface area contributed by atoms with Gasteiger partial charge in [-0.15, -0.1) is 17.9 Å². The molecule has 1 amide bonds. The molecule has 3 aliphatic rings. The third-order valence-corrected chi connectivity index (χ3v) is 15.7. The number of esters is 2. The second-order valence-corrected chi connectivity index (χ2v) is 21.0. The molecule has 0 saturated carbocycles. The van der Waals surface area contributed by atoms with E-state index in [1.54, 1.807) is 80.7 Å². The first-order valence-corrected chi connectivity index (χ1v) is 25.4. The molecule has 6 heterocycles. The predicted octanol–water partition coefficient (Wildman–Crippen LogP) is 7.52. The number of methoxy groups -OCH3 is 1. The lowest BCUT2D eigenvalue weighted by Crippen LogP contribution is -2.65. The summed E-state index contributed by atoms with van der Waals surface area (Å²) < 4.78 is 41.2. The van der Waals surface area contributed by atoms with E-state index in [9.17, 15) is 19.5 Å². The number of cyclic esters (lactones) is 1. The molecule has 69 heavy (non-hydrogen) atoms. The topological polar surface area (TPSA) is 181 Å². The number of hydrogen-bond acceptors (Lipinski definition) is 15. The fourth-order valence-corrected chi connectivity index (χ4v) is 11.8. The Kier molecular flexibility index (Phi) is 17.7. The highest BCUT2D eigenvalue weighted by Gasteiger charge is 2.61. The molecule has 380 valence electrons. The van der Waals surface area contributed by atoms with Crippen LogP contribution >= 0.6 is 11.3 Å². The quantitative estimate of drug-likeness (QED) is 0.0644. The number of Topliss-reactive ketones (excluding diaryl/α,β-unsaturated/α-hetero) is 1. The summed E-state index contributed by atoms with van der Waals surface area (Å²) in [4.78, 5) is 71.7. The number of fused-ring (bicyclic) bond motifs is 1. The molecule has 3 saturated heterocycles. The molecule has 3 aliphatic heterocycles. The van der Waals surface area contributed by atoms with E-state index in [0.29, 0.717) is 38.0 Å². The summed E-state index contributed by atoms with van der Waals surface area (Å²) in [6.45, 7) is 21.4. The Labute approximate surface area is 412 Å². The van der Waals surface area contributed by atoms with Gasteiger partial charge < -0.3 is 43.0 Å². The largest absolute Gasteiger partial charge is 0.461 e. The lowest BCUT2D eigenvalue weighted by molar-refractivity contribution is -0.358. The van der Waals surface area contributed by atoms with E-state index in [1.807, 2.05) is 74.8 Å². The van der Waals surface area contributed by atoms with Crippen LogP contribution < -0.4 is 0 Å². The molecule has 0 spiro atoms. The number of hydrogen-bond donors (Lipinski definition) is 1. The third kappa shape index (κ3) is 11.8. The molecule has 1 N–H and O–H groups in total. The van der Waals surface area contributed by atoms with Crippen molar-refractivity contribution in [1.29, 1.82) is 0 Å². The van der Waals surface area contributed by atoms with Gasteiger partial charge in [0.05, 0.1) is 58.8 Å². The van der Waals surface area contributed by atoms with Crippen LogP contribution in [0.4, 0.5) is 4.79 Å². The lowest BCUT2D eigenvalue weighted by Gasteiger charge is -2.52. The zero-order chi connectivity index (χ0) is 50.4. The Morgan fingerprint density at radius 3 is 2.43 bits per heavy atom. The van der Waals surface area contributed by atoms with E-state index in [0.717, 1.165) is 10.6 Å². The fraction of sp³-hybridized carbons (Fsp3) is 0.654. The van der Waals surface area contributed by atoms with Crippen molar-refractivity contribution in [2.45, 2.75) is 167 Å². The number of ketones is 1. The SMILES string of the molecule is C=CCN(C)[C@H]1C[C@@H](C)O[C@@](C)(O[C@@H]2[C@@H](C)C(OC(=O)Cc3ccccn3)[C@@H](C)C(=O)O[C@H](CC)[C@@]3(C)OC(=O)N(CCCCn4cnc(-c5cccs5)c4)[C@@H]3[C@@H](C)C(=O)[C@H](C)C[C@@]2(C)OC)[C@@H]1O. The molecular weight excluding hydrogens is 903 g/mol. The molecule has 0 bridgehead atoms. The molecule has 0 radical (unpaired) electrons. The van der Waals surface area contributed by atoms with Gasteiger partial charge >= 0.3 is 18.0 Å². The Hall–Kier alpha value is -4.52. The number of thiophene rings is 1. The molecule has 3 fully saturated rings. The van der Waals surface area contributed by atoms with Gasteiger partial charge in [-0.3, -0.25) is 24.3 Å². The van der Waals surface area contributed by atoms with Gasteiger partial charge in [0.15, 0.2) is 11.4 Å². The zero-order valence-electron chi connectivity index (χ0n) is 42.4. The maximum Gasteiger partial charge on any atom is 0.410 e. The number of rotatable bonds is 16. The summed E-state index contributed by atoms with van der Waals surface area (Å²) in [6.07, 6.45) is 3.74. The maximum absolute atomic E-state index is 15.1. The number of unbranched alkanes of at least 4 members (excludes halogenated alkanes) is 1. The molecule has 1 unspecified atom stereocenters. The van der Waals surface area contributed by atoms with Gasteiger partial charge in [-0.05, 0) is 97.3 Å². The molecular formula is C52H75N5O11S. The Morgan fingerprint density at radius 2 is 1.78 bits per heavy atom. The van der Waals surface area contributed by atoms with Crippen molar-refractivity contribution in [1.82, 2.24) is 24.3 Å². The van der Waals surface area contributed by atoms with E-state index in [2.05, 4.69) is 16.5 Å². The summed E-state index contributed by atoms with van der Waals surface area (Å²) in [7, 11) is 3.43. The highest BCUT2D eigenvalue weighted by Crippen LogP contribution is 2.45. The molecule has 3 aromatic rings. The first-order valence-electron chi connectivity index (χ1n) is 24.5. The van der Waals surface area contributed by atoms with Gasteiger partial charge in [0, 0.05) is 62.9 Å². The standard InChI is InChI=1S/C52H75N5O11S/c1-13-23-55(11)39-27-33(4)66-52(10,46(39)60)67-47-35(6)44(65-42(58)28-37-20-15-16-22-53-37)36(7)48(61)64-41(14-2)51(9)45(34(5)43(59)32(3)29-50(47,8)63-12)57(49(62)68-51)25-18-17-24-56-30-38(54-31-56)40-21-19-26-69-40/h13,15-16,19-22,26,30-36,39,41,44-47,60H,1,14,17-18,23-25,27-29H2,2-12H3/t32-,33-,34+,35+,36-,39+,41-,44?,45-,46-,47-,50-,51-,52+/m1/s1. The van der Waals surface area contributed by atoms with Crippen molar-refractivity contribution in [2.24, 2.45) is 23.7 Å². The van der Waals surface area contributed by atoms with E-state index < -0.39 is 95.2 Å². The van der Waals surface area contributed by atoms with Crippen molar-refractivity contribution in [3.05, 3.63) is 72.8 Å². The van der Waals surface area contributed by atoms with Crippen LogP contribution in [0.15, 0.2) is 67.1 Å². The maximum atomic E-state index is 15.1. The minimum absolute atomic E-state index is 0.102. The first-order chi connectivity index (χ1) is 32.7. The van der Waals surface area contributed by atoms with E-state index in [1.165, 1.54) is 7.11 Å². The van der Waals surface area contributed by atoms with Crippen LogP contribution in [0.25, 0.3) is 10.6 Å². The summed E-state index contributed by atoms with van der Waals surface area (Å²) in [5, 5.41) is 14.2. The molecule has 14 atom stereocenters. The van der Waals surface area contributed by atoms with Crippen molar-refractivity contribution in [2.75, 3.05) is 27.2 Å². The number of aliphatic hydroxyl groups excluding tert-OH is 1. The molecule has 0 aromatic carbocycles. The smallest absolute Gasteiger partial charge is 0.410 e. The normalized spacial score (nSPS) is 34.7. The number of aromatic nitrogens is 3. The van der Waals surface area contributed by atoms with Crippen LogP contribution in [0.1, 0.15) is 100 Å². The van der Waals surface area contributed by atoms with Crippen molar-refractivity contribution in [3.8, 4) is 10.6 Å². The van der Waals surface area contributed by atoms with Crippen molar-refractivity contribution >= 4 is 35.2 Å². The Bertz CT molecular complexity index is 2210. The van der Waals surface area contributed by atoms with Gasteiger partial charge in [-0.2, -0.15) is 0 Å². The van der Waals surface area contributed by atoms with Crippen molar-refractivity contribution in [3.63, 3.8) is 0 Å². The van der Waals surface area contributed by atoms with Crippen molar-refractivity contribution < 1.29 is 52.7 Å². The second-order valence-electron chi connectivity index (χ2n) is 20.1. The number of amides is 1. The van der Waals surface area contributed by atoms with E-state index in [-0.39, 0.29) is 37.7 Å². The van der Waals surface area contributed by atoms with E-state index in [4.69, 9.17) is 28.4 Å². The van der Waals surface area contributed by atoms with Crippen LogP contribution in [0.5, 0.6) is 0 Å². The van der Waals surface area contributed by atoms with Crippen LogP contribution in [0.2, 0.25) is 0 Å². The molecule has 3 aromatic heterocycles. The van der Waals surface area contributed by atoms with Gasteiger partial charge in [-0.1, -0.05) is 45.9 Å². The zero-order valence-corrected chi connectivity index (χ0v) is 43.2. The third-order valence-electron chi connectivity index (χ3n) is 14.8. The molecule has 17 heteroatoms. The minimum Gasteiger partial charge on any atom is -0.461 e. The highest BCUT2D eigenvalue weighted by atomic mass is 32.1. The Morgan fingerprint density at radius 1 is 1.04 bits per heavy atom. The van der Waals surface area contributed by atoms with Crippen LogP contribution in [-0.2, 0) is 55.8 Å². The number of aliphatic hydroxyl groups is 1. The number of ether oxygens (including phenoxy) is 6. The number of nitrogens with zero attached hydrogens (tertiary/aromatic N) is 5. The summed E-state index contributed by atoms with van der Waals surface area (Å²) in [5.74, 6) is -6.58. The monoisotopic (exact) mass is 978 g/mol. The van der Waals surface area contributed by atoms with Crippen LogP contribution in [0.3, 0.4) is 0 Å². The Balaban J connectivity index is 1.37. The summed E-state index contributed by atoms with van der Waals surface area (Å²) >= 11 is 1.62. The van der Waals surface area contributed by atoms with Crippen LogP contribution in [-0.4, -0.2) is 140 Å². The van der Waals surface area contributed by atoms with Gasteiger partial charge in [0.25, 0.3) is 0 Å². The van der Waals surface area contributed by atoms with Gasteiger partial charge in [-0.25, -0.2) is 9.78 Å². The summed E-state index contributed by atoms with van der Waals surface area (Å²) in [6, 6.07) is 8.04. The molecule has 16 nitrogen and oxygen atoms in total. The summed E-state index contributed by atoms with van der Waals surface area (Å²) in [5.41, 5.74) is -1.41. The lowest BCUT2D eigenvalue weighted by atomic mass is 9.73. The number of likely N-dealkylation sites (N-methyl/N-ethyl adjacent to an activating group) is 1. The number of aryl methyl sites for hydroxylation is 1. The van der Waals surface area contributed by atoms with E-state index >= 15 is 4.79 Å². The number of imidazole rings is 1. The van der Waals surface area contributed by atoms with Gasteiger partial charge in [0.1, 0.15) is 24.1 Å². The number of pyridine rings is 1. The fourth-order valence-electron chi connectivity index (χ4n) is 11.1. The number of carbonyl (C=O) groups is 4. The molecule has 0 aliphatic carbocycles. The minimum atomic E-state index is -1.64. The first kappa shape index (κ1) is 53.8. The number of carbonyl (C=O) groups excluding carboxylic acids is 4. The average Bonchev–Trinajstić information content (AvgIpc) is 4.08. The average molecular weight is 978 g/mol. The predicted molar refractivity (Wildman–Crippen MR) is 261 cm³/mol.